The van der Waals surface area contributed by atoms with Gasteiger partial charge in [0.1, 0.15) is 0 Å². The van der Waals surface area contributed by atoms with E-state index in [2.05, 4.69) is 13.8 Å². The molecule has 19 heavy (non-hydrogen) atoms. The summed E-state index contributed by atoms with van der Waals surface area (Å²) in [6.45, 7) is 6.02. The van der Waals surface area contributed by atoms with Gasteiger partial charge >= 0.3 is 17.1 Å². The van der Waals surface area contributed by atoms with Gasteiger partial charge in [-0.05, 0) is 0 Å². The van der Waals surface area contributed by atoms with Crippen molar-refractivity contribution >= 4 is 0 Å². The molecular weight excluding hydrogens is 272 g/mol. The van der Waals surface area contributed by atoms with E-state index < -0.39 is 0 Å². The fourth-order valence-electron chi connectivity index (χ4n) is 1.42. The van der Waals surface area contributed by atoms with Crippen molar-refractivity contribution in [1.29, 1.82) is 0 Å². The molecule has 0 amide bonds. The molecule has 0 N–H and O–H groups in total. The Morgan fingerprint density at radius 2 is 1.16 bits per heavy atom. The Labute approximate surface area is 130 Å². The topological polar surface area (TPSA) is 0 Å². The fraction of sp³-hybridized carbons (Fsp3) is 0.389. The number of unbranched alkanes of at least 4 members (excludes halogenated alkanes) is 5. The molecule has 0 aliphatic rings. The molecule has 0 aliphatic carbocycles. The number of rotatable bonds is 5. The van der Waals surface area contributed by atoms with Crippen molar-refractivity contribution < 1.29 is 17.1 Å². The van der Waals surface area contributed by atoms with Gasteiger partial charge in [0.25, 0.3) is 0 Å². The molecule has 2 rings (SSSR count). The van der Waals surface area contributed by atoms with Crippen LogP contribution < -0.4 is 0 Å². The van der Waals surface area contributed by atoms with Crippen LogP contribution in [0.1, 0.15) is 45.4 Å². The van der Waals surface area contributed by atoms with Crippen molar-refractivity contribution in [1.82, 2.24) is 0 Å². The minimum Gasteiger partial charge on any atom is -0.343 e. The standard InChI is InChI=1S/C8H17.2C5H5.Fe/c1-3-5-7-8-6-4-2;2*1-2-4-5-3-1;/h1,3-8H2,2H3;2*1-5H;/q3*-1;+3. The molecule has 0 aliphatic heterocycles. The fourth-order valence-corrected chi connectivity index (χ4v) is 1.42. The second-order valence-corrected chi connectivity index (χ2v) is 4.19. The van der Waals surface area contributed by atoms with Gasteiger partial charge < -0.3 is 6.92 Å². The zero-order valence-electron chi connectivity index (χ0n) is 12.1. The van der Waals surface area contributed by atoms with Gasteiger partial charge in [-0.3, -0.25) is 0 Å². The van der Waals surface area contributed by atoms with E-state index in [0.29, 0.717) is 0 Å². The molecule has 0 fully saturated rings. The summed E-state index contributed by atoms with van der Waals surface area (Å²) in [5.41, 5.74) is 0. The van der Waals surface area contributed by atoms with E-state index in [1.807, 2.05) is 60.7 Å². The molecule has 0 spiro atoms. The molecule has 0 heterocycles. The van der Waals surface area contributed by atoms with Gasteiger partial charge in [0, 0.05) is 0 Å². The number of hydrogen-bond acceptors (Lipinski definition) is 0. The van der Waals surface area contributed by atoms with Gasteiger partial charge in [-0.25, -0.2) is 24.3 Å². The van der Waals surface area contributed by atoms with Crippen LogP contribution in [0, 0.1) is 6.92 Å². The van der Waals surface area contributed by atoms with E-state index in [1.54, 1.807) is 0 Å². The van der Waals surface area contributed by atoms with Crippen LogP contribution in [0.25, 0.3) is 0 Å². The quantitative estimate of drug-likeness (QED) is 0.361. The van der Waals surface area contributed by atoms with Crippen LogP contribution in [-0.4, -0.2) is 0 Å². The van der Waals surface area contributed by atoms with E-state index in [9.17, 15) is 0 Å². The monoisotopic (exact) mass is 299 g/mol. The summed E-state index contributed by atoms with van der Waals surface area (Å²) < 4.78 is 0. The van der Waals surface area contributed by atoms with Crippen molar-refractivity contribution in [2.45, 2.75) is 45.4 Å². The molecule has 0 nitrogen and oxygen atoms in total. The Balaban J connectivity index is 0. The summed E-state index contributed by atoms with van der Waals surface area (Å²) in [4.78, 5) is 0. The molecule has 0 bridgehead atoms. The van der Waals surface area contributed by atoms with Gasteiger partial charge in [-0.15, -0.1) is 0 Å². The molecule has 107 valence electrons. The predicted molar refractivity (Wildman–Crippen MR) is 82.8 cm³/mol. The Bertz CT molecular complexity index is 215. The molecule has 2 aromatic rings. The average Bonchev–Trinajstić information content (AvgIpc) is 3.12. The molecule has 0 unspecified atom stereocenters. The van der Waals surface area contributed by atoms with E-state index in [-0.39, 0.29) is 17.1 Å². The minimum absolute atomic E-state index is 0. The van der Waals surface area contributed by atoms with E-state index in [1.165, 1.54) is 32.1 Å². The maximum absolute atomic E-state index is 3.78. The summed E-state index contributed by atoms with van der Waals surface area (Å²) >= 11 is 0. The largest absolute Gasteiger partial charge is 3.00 e. The smallest absolute Gasteiger partial charge is 0.343 e. The molecule has 1 radical (unpaired) electrons. The molecule has 2 aromatic carbocycles. The molecule has 0 saturated heterocycles. The van der Waals surface area contributed by atoms with Crippen molar-refractivity contribution in [3.8, 4) is 0 Å². The third-order valence-electron chi connectivity index (χ3n) is 2.46. The second-order valence-electron chi connectivity index (χ2n) is 4.19. The Morgan fingerprint density at radius 3 is 1.42 bits per heavy atom. The third-order valence-corrected chi connectivity index (χ3v) is 2.46. The average molecular weight is 299 g/mol. The van der Waals surface area contributed by atoms with E-state index >= 15 is 0 Å². The zero-order chi connectivity index (χ0) is 13.3. The summed E-state index contributed by atoms with van der Waals surface area (Å²) in [5, 5.41) is 0. The molecule has 0 atom stereocenters. The van der Waals surface area contributed by atoms with Gasteiger partial charge in [0.15, 0.2) is 0 Å². The first-order chi connectivity index (χ1) is 8.91. The Hall–Kier alpha value is -0.781. The molecule has 1 heteroatoms. The van der Waals surface area contributed by atoms with Crippen molar-refractivity contribution in [3.63, 3.8) is 0 Å². The maximum Gasteiger partial charge on any atom is 3.00 e. The summed E-state index contributed by atoms with van der Waals surface area (Å²) in [7, 11) is 0. The first-order valence-corrected chi connectivity index (χ1v) is 7.04. The maximum atomic E-state index is 3.78. The van der Waals surface area contributed by atoms with Gasteiger partial charge in [-0.2, -0.15) is 42.8 Å². The summed E-state index contributed by atoms with van der Waals surface area (Å²) in [5.74, 6) is 0. The van der Waals surface area contributed by atoms with Crippen molar-refractivity contribution in [2.75, 3.05) is 0 Å². The van der Waals surface area contributed by atoms with Gasteiger partial charge in [0.05, 0.1) is 0 Å². The molecule has 0 aromatic heterocycles. The zero-order valence-corrected chi connectivity index (χ0v) is 13.2. The SMILES string of the molecule is [CH2-]CCCCCCC.[Fe+3].c1cc[cH-]c1.c1cc[cH-]c1. The predicted octanol–water partition coefficient (Wildman–Crippen LogP) is 5.99. The van der Waals surface area contributed by atoms with Crippen LogP contribution >= 0.6 is 0 Å². The summed E-state index contributed by atoms with van der Waals surface area (Å²) in [6.07, 6.45) is 7.98. The van der Waals surface area contributed by atoms with Crippen LogP contribution in [0.3, 0.4) is 0 Å². The Kier molecular flexibility index (Phi) is 21.1. The molecule has 0 saturated carbocycles. The van der Waals surface area contributed by atoms with Crippen LogP contribution in [0.2, 0.25) is 0 Å². The van der Waals surface area contributed by atoms with Crippen molar-refractivity contribution in [2.24, 2.45) is 0 Å². The van der Waals surface area contributed by atoms with E-state index in [0.717, 1.165) is 6.42 Å². The minimum atomic E-state index is 0. The molecular formula is C18H27Fe. The normalized spacial score (nSPS) is 8.32. The van der Waals surface area contributed by atoms with Crippen LogP contribution in [0.15, 0.2) is 60.7 Å². The number of hydrogen-bond donors (Lipinski definition) is 0. The third kappa shape index (κ3) is 19.7. The second kappa shape index (κ2) is 19.6. The van der Waals surface area contributed by atoms with Crippen LogP contribution in [0.4, 0.5) is 0 Å². The van der Waals surface area contributed by atoms with Crippen molar-refractivity contribution in [3.05, 3.63) is 67.6 Å². The van der Waals surface area contributed by atoms with Crippen LogP contribution in [-0.2, 0) is 17.1 Å². The van der Waals surface area contributed by atoms with Gasteiger partial charge in [-0.1, -0.05) is 39.0 Å². The van der Waals surface area contributed by atoms with E-state index in [4.69, 9.17) is 0 Å². The Morgan fingerprint density at radius 1 is 0.737 bits per heavy atom. The summed E-state index contributed by atoms with van der Waals surface area (Å²) in [6, 6.07) is 20.0. The first kappa shape index (κ1) is 20.5. The van der Waals surface area contributed by atoms with Gasteiger partial charge in [0.2, 0.25) is 0 Å². The van der Waals surface area contributed by atoms with Crippen LogP contribution in [0.5, 0.6) is 0 Å². The first-order valence-electron chi connectivity index (χ1n) is 7.04.